The van der Waals surface area contributed by atoms with E-state index in [1.807, 2.05) is 0 Å². The zero-order valence-corrected chi connectivity index (χ0v) is 16.4. The number of aromatic nitrogens is 2. The molecule has 0 saturated carbocycles. The molecule has 2 rings (SSSR count). The molecule has 1 saturated heterocycles. The van der Waals surface area contributed by atoms with Crippen molar-refractivity contribution in [2.75, 3.05) is 12.3 Å². The van der Waals surface area contributed by atoms with Gasteiger partial charge in [-0.15, -0.1) is 0 Å². The van der Waals surface area contributed by atoms with Crippen LogP contribution in [0, 0.1) is 0 Å². The summed E-state index contributed by atoms with van der Waals surface area (Å²) in [7, 11) is -2.22. The molecule has 0 amide bonds. The third-order valence-corrected chi connectivity index (χ3v) is 9.65. The second-order valence-electron chi connectivity index (χ2n) is 7.95. The number of nitrogens with zero attached hydrogens (tertiary/aromatic N) is 2. The standard InChI is InChI=1S/C16H27N3O5Si/c1-15(2,3)25(4,5)24-11-8-13(23-16(11,9-20)10-21)19-7-6-12(17)18-14(19)22/h6-7,9,11,13,21H,8,10H2,1-5H3,(H2,17,18,22)/t11-,13+,16+/m0/s1. The van der Waals surface area contributed by atoms with Crippen LogP contribution in [0.4, 0.5) is 5.82 Å². The summed E-state index contributed by atoms with van der Waals surface area (Å²) in [4.78, 5) is 27.5. The van der Waals surface area contributed by atoms with Crippen molar-refractivity contribution in [2.24, 2.45) is 0 Å². The molecule has 8 nitrogen and oxygen atoms in total. The number of hydrogen-bond acceptors (Lipinski definition) is 7. The summed E-state index contributed by atoms with van der Waals surface area (Å²) in [6, 6.07) is 1.48. The molecule has 0 unspecified atom stereocenters. The molecule has 1 fully saturated rings. The van der Waals surface area contributed by atoms with Crippen LogP contribution >= 0.6 is 0 Å². The Morgan fingerprint density at radius 3 is 2.68 bits per heavy atom. The minimum atomic E-state index is -2.22. The van der Waals surface area contributed by atoms with E-state index in [4.69, 9.17) is 14.9 Å². The molecule has 3 N–H and O–H groups in total. The summed E-state index contributed by atoms with van der Waals surface area (Å²) >= 11 is 0. The summed E-state index contributed by atoms with van der Waals surface area (Å²) < 4.78 is 13.4. The number of anilines is 1. The topological polar surface area (TPSA) is 117 Å². The second kappa shape index (κ2) is 6.64. The molecule has 1 aliphatic heterocycles. The van der Waals surface area contributed by atoms with Crippen molar-refractivity contribution in [3.8, 4) is 0 Å². The van der Waals surface area contributed by atoms with Crippen molar-refractivity contribution in [1.82, 2.24) is 9.55 Å². The zero-order chi connectivity index (χ0) is 19.0. The molecule has 1 aromatic rings. The number of ether oxygens (including phenoxy) is 1. The van der Waals surface area contributed by atoms with E-state index in [9.17, 15) is 14.7 Å². The first-order valence-corrected chi connectivity index (χ1v) is 11.1. The van der Waals surface area contributed by atoms with Crippen molar-refractivity contribution in [2.45, 2.75) is 63.3 Å². The number of nitrogen functional groups attached to an aromatic ring is 1. The minimum Gasteiger partial charge on any atom is -0.410 e. The van der Waals surface area contributed by atoms with Crippen LogP contribution in [-0.4, -0.2) is 47.6 Å². The SMILES string of the molecule is CC(C)(C)[Si](C)(C)O[C@H]1C[C@H](n2ccc(N)nc2=O)O[C@]1(C=O)CO. The lowest BCUT2D eigenvalue weighted by molar-refractivity contribution is -0.150. The molecule has 0 aliphatic carbocycles. The lowest BCUT2D eigenvalue weighted by Gasteiger charge is -2.40. The van der Waals surface area contributed by atoms with Gasteiger partial charge in [-0.05, 0) is 24.2 Å². The van der Waals surface area contributed by atoms with Gasteiger partial charge in [-0.1, -0.05) is 20.8 Å². The van der Waals surface area contributed by atoms with Crippen LogP contribution in [0.1, 0.15) is 33.4 Å². The van der Waals surface area contributed by atoms with E-state index in [1.54, 1.807) is 0 Å². The number of aldehydes is 1. The fraction of sp³-hybridized carbons (Fsp3) is 0.688. The predicted octanol–water partition coefficient (Wildman–Crippen LogP) is 1.06. The largest absolute Gasteiger partial charge is 0.410 e. The van der Waals surface area contributed by atoms with Crippen LogP contribution in [0.15, 0.2) is 17.1 Å². The van der Waals surface area contributed by atoms with E-state index in [0.29, 0.717) is 6.29 Å². The first kappa shape index (κ1) is 19.8. The van der Waals surface area contributed by atoms with E-state index < -0.39 is 38.5 Å². The summed E-state index contributed by atoms with van der Waals surface area (Å²) in [6.07, 6.45) is 0.896. The number of aliphatic hydroxyl groups excluding tert-OH is 1. The van der Waals surface area contributed by atoms with Gasteiger partial charge in [0.25, 0.3) is 0 Å². The molecule has 3 atom stereocenters. The zero-order valence-electron chi connectivity index (χ0n) is 15.4. The Kier molecular flexibility index (Phi) is 5.25. The first-order chi connectivity index (χ1) is 11.5. The normalized spacial score (nSPS) is 27.4. The van der Waals surface area contributed by atoms with Gasteiger partial charge in [0.2, 0.25) is 0 Å². The van der Waals surface area contributed by atoms with E-state index >= 15 is 0 Å². The molecule has 1 aliphatic rings. The Hall–Kier alpha value is -1.55. The van der Waals surface area contributed by atoms with Crippen molar-refractivity contribution < 1.29 is 19.1 Å². The highest BCUT2D eigenvalue weighted by atomic mass is 28.4. The third-order valence-electron chi connectivity index (χ3n) is 5.17. The van der Waals surface area contributed by atoms with E-state index in [2.05, 4.69) is 38.8 Å². The number of hydrogen-bond donors (Lipinski definition) is 2. The smallest absolute Gasteiger partial charge is 0.351 e. The highest BCUT2D eigenvalue weighted by molar-refractivity contribution is 6.74. The molecular formula is C16H27N3O5Si. The van der Waals surface area contributed by atoms with Crippen LogP contribution in [0.5, 0.6) is 0 Å². The van der Waals surface area contributed by atoms with E-state index in [0.717, 1.165) is 0 Å². The number of rotatable bonds is 5. The van der Waals surface area contributed by atoms with Crippen molar-refractivity contribution >= 4 is 20.4 Å². The molecule has 140 valence electrons. The quantitative estimate of drug-likeness (QED) is 0.589. The summed E-state index contributed by atoms with van der Waals surface area (Å²) in [5.74, 6) is 0.108. The average Bonchev–Trinajstić information content (AvgIpc) is 2.84. The fourth-order valence-electron chi connectivity index (χ4n) is 2.54. The molecule has 0 radical (unpaired) electrons. The number of carbonyl (C=O) groups is 1. The Balaban J connectivity index is 2.36. The van der Waals surface area contributed by atoms with Crippen molar-refractivity contribution in [3.05, 3.63) is 22.7 Å². The van der Waals surface area contributed by atoms with Gasteiger partial charge in [0.15, 0.2) is 20.2 Å². The summed E-state index contributed by atoms with van der Waals surface area (Å²) in [5, 5.41) is 9.75. The van der Waals surface area contributed by atoms with Gasteiger partial charge in [-0.2, -0.15) is 4.98 Å². The summed E-state index contributed by atoms with van der Waals surface area (Å²) in [5.41, 5.74) is 3.44. The maximum atomic E-state index is 12.1. The Morgan fingerprint density at radius 1 is 1.56 bits per heavy atom. The molecule has 0 spiro atoms. The van der Waals surface area contributed by atoms with E-state index in [1.165, 1.54) is 16.8 Å². The molecule has 0 bridgehead atoms. The first-order valence-electron chi connectivity index (χ1n) is 8.23. The molecule has 9 heteroatoms. The monoisotopic (exact) mass is 369 g/mol. The summed E-state index contributed by atoms with van der Waals surface area (Å²) in [6.45, 7) is 9.85. The van der Waals surface area contributed by atoms with Crippen LogP contribution in [-0.2, 0) is 14.0 Å². The maximum Gasteiger partial charge on any atom is 0.351 e. The highest BCUT2D eigenvalue weighted by Crippen LogP contribution is 2.43. The molecular weight excluding hydrogens is 342 g/mol. The van der Waals surface area contributed by atoms with Gasteiger partial charge in [0.1, 0.15) is 12.0 Å². The number of carbonyl (C=O) groups excluding carboxylic acids is 1. The molecule has 2 heterocycles. The number of aliphatic hydroxyl groups is 1. The second-order valence-corrected chi connectivity index (χ2v) is 12.7. The third kappa shape index (κ3) is 3.69. The highest BCUT2D eigenvalue weighted by Gasteiger charge is 2.53. The molecule has 1 aromatic heterocycles. The van der Waals surface area contributed by atoms with Crippen LogP contribution in [0.2, 0.25) is 18.1 Å². The van der Waals surface area contributed by atoms with Crippen LogP contribution < -0.4 is 11.4 Å². The van der Waals surface area contributed by atoms with Gasteiger partial charge >= 0.3 is 5.69 Å². The fourth-order valence-corrected chi connectivity index (χ4v) is 3.90. The maximum absolute atomic E-state index is 12.1. The van der Waals surface area contributed by atoms with Crippen LogP contribution in [0.3, 0.4) is 0 Å². The van der Waals surface area contributed by atoms with Gasteiger partial charge in [0.05, 0.1) is 12.7 Å². The lowest BCUT2D eigenvalue weighted by Crippen LogP contribution is -2.53. The van der Waals surface area contributed by atoms with Crippen LogP contribution in [0.25, 0.3) is 0 Å². The van der Waals surface area contributed by atoms with Gasteiger partial charge in [-0.25, -0.2) is 4.79 Å². The molecule has 25 heavy (non-hydrogen) atoms. The predicted molar refractivity (Wildman–Crippen MR) is 95.6 cm³/mol. The number of nitrogens with two attached hydrogens (primary N) is 1. The molecule has 0 aromatic carbocycles. The Bertz CT molecular complexity index is 700. The average molecular weight is 369 g/mol. The Morgan fingerprint density at radius 2 is 2.20 bits per heavy atom. The lowest BCUT2D eigenvalue weighted by atomic mass is 10.00. The van der Waals surface area contributed by atoms with Gasteiger partial charge in [-0.3, -0.25) is 9.36 Å². The van der Waals surface area contributed by atoms with Crippen molar-refractivity contribution in [3.63, 3.8) is 0 Å². The van der Waals surface area contributed by atoms with Gasteiger partial charge < -0.3 is 20.0 Å². The van der Waals surface area contributed by atoms with E-state index in [-0.39, 0.29) is 17.3 Å². The van der Waals surface area contributed by atoms with Crippen molar-refractivity contribution in [1.29, 1.82) is 0 Å². The van der Waals surface area contributed by atoms with Gasteiger partial charge in [0, 0.05) is 12.6 Å². The minimum absolute atomic E-state index is 0.0746. The Labute approximate surface area is 148 Å².